The van der Waals surface area contributed by atoms with Crippen molar-refractivity contribution < 1.29 is 18.4 Å². The number of furan rings is 1. The summed E-state index contributed by atoms with van der Waals surface area (Å²) in [6.45, 7) is 2.22. The summed E-state index contributed by atoms with van der Waals surface area (Å²) in [5.74, 6) is 1.23. The molecule has 130 valence electrons. The van der Waals surface area contributed by atoms with Crippen molar-refractivity contribution in [2.24, 2.45) is 0 Å². The van der Waals surface area contributed by atoms with E-state index in [1.165, 1.54) is 6.07 Å². The van der Waals surface area contributed by atoms with E-state index in [9.17, 15) is 9.59 Å². The summed E-state index contributed by atoms with van der Waals surface area (Å²) in [7, 11) is 1.55. The lowest BCUT2D eigenvalue weighted by Crippen LogP contribution is -2.22. The number of ether oxygens (including phenoxy) is 1. The molecule has 0 spiro atoms. The van der Waals surface area contributed by atoms with E-state index in [4.69, 9.17) is 13.6 Å². The Morgan fingerprint density at radius 3 is 2.84 bits per heavy atom. The molecule has 0 saturated carbocycles. The Labute approximate surface area is 144 Å². The van der Waals surface area contributed by atoms with Crippen LogP contribution in [0, 0.1) is 6.92 Å². The topological polar surface area (TPSA) is 81.7 Å². The van der Waals surface area contributed by atoms with Crippen LogP contribution >= 0.6 is 0 Å². The molecule has 0 unspecified atom stereocenters. The van der Waals surface area contributed by atoms with Crippen LogP contribution in [0.4, 0.5) is 0 Å². The highest BCUT2D eigenvalue weighted by Gasteiger charge is 2.12. The van der Waals surface area contributed by atoms with Gasteiger partial charge in [-0.1, -0.05) is 0 Å². The molecule has 0 aliphatic rings. The lowest BCUT2D eigenvalue weighted by molar-refractivity contribution is -0.121. The second-order valence-corrected chi connectivity index (χ2v) is 5.76. The van der Waals surface area contributed by atoms with Crippen molar-refractivity contribution in [3.63, 3.8) is 0 Å². The number of rotatable bonds is 6. The zero-order valence-electron chi connectivity index (χ0n) is 14.1. The Bertz CT molecular complexity index is 940. The third-order valence-electron chi connectivity index (χ3n) is 4.01. The van der Waals surface area contributed by atoms with E-state index < -0.39 is 5.63 Å². The summed E-state index contributed by atoms with van der Waals surface area (Å²) in [6.07, 6.45) is 2.40. The van der Waals surface area contributed by atoms with Crippen molar-refractivity contribution >= 4 is 16.9 Å². The van der Waals surface area contributed by atoms with Crippen LogP contribution in [0.3, 0.4) is 0 Å². The Kier molecular flexibility index (Phi) is 4.88. The van der Waals surface area contributed by atoms with Gasteiger partial charge >= 0.3 is 5.63 Å². The molecule has 6 nitrogen and oxygen atoms in total. The highest BCUT2D eigenvalue weighted by atomic mass is 16.5. The number of amides is 1. The smallest absolute Gasteiger partial charge is 0.336 e. The standard InChI is InChI=1S/C19H19NO5/c1-12-8-19(22)25-17-10-16(23-2)13(9-15(12)17)5-6-18(21)20-11-14-4-3-7-24-14/h3-4,7-10H,5-6,11H2,1-2H3,(H,20,21). The van der Waals surface area contributed by atoms with Gasteiger partial charge in [-0.05, 0) is 42.7 Å². The largest absolute Gasteiger partial charge is 0.496 e. The van der Waals surface area contributed by atoms with E-state index in [0.29, 0.717) is 36.5 Å². The molecule has 1 aromatic carbocycles. The summed E-state index contributed by atoms with van der Waals surface area (Å²) >= 11 is 0. The van der Waals surface area contributed by atoms with Crippen LogP contribution in [0.15, 0.2) is 50.2 Å². The predicted molar refractivity (Wildman–Crippen MR) is 92.6 cm³/mol. The number of nitrogens with one attached hydrogen (secondary N) is 1. The van der Waals surface area contributed by atoms with Gasteiger partial charge in [0, 0.05) is 23.9 Å². The van der Waals surface area contributed by atoms with E-state index in [2.05, 4.69) is 5.32 Å². The van der Waals surface area contributed by atoms with Crippen molar-refractivity contribution in [2.75, 3.05) is 7.11 Å². The van der Waals surface area contributed by atoms with Crippen molar-refractivity contribution in [3.05, 3.63) is 63.9 Å². The Hall–Kier alpha value is -3.02. The number of carbonyl (C=O) groups excluding carboxylic acids is 1. The zero-order valence-corrected chi connectivity index (χ0v) is 14.1. The molecule has 0 bridgehead atoms. The number of benzene rings is 1. The summed E-state index contributed by atoms with van der Waals surface area (Å²) in [6, 6.07) is 8.64. The van der Waals surface area contributed by atoms with Crippen molar-refractivity contribution in [1.82, 2.24) is 5.32 Å². The van der Waals surface area contributed by atoms with E-state index in [1.54, 1.807) is 25.5 Å². The van der Waals surface area contributed by atoms with Crippen molar-refractivity contribution in [2.45, 2.75) is 26.3 Å². The minimum atomic E-state index is -0.392. The van der Waals surface area contributed by atoms with Gasteiger partial charge in [0.05, 0.1) is 19.9 Å². The van der Waals surface area contributed by atoms with Gasteiger partial charge in [0.2, 0.25) is 5.91 Å². The maximum absolute atomic E-state index is 12.0. The molecular formula is C19H19NO5. The lowest BCUT2D eigenvalue weighted by atomic mass is 10.0. The van der Waals surface area contributed by atoms with Gasteiger partial charge in [0.15, 0.2) is 0 Å². The van der Waals surface area contributed by atoms with Crippen LogP contribution in [0.1, 0.15) is 23.3 Å². The average molecular weight is 341 g/mol. The maximum Gasteiger partial charge on any atom is 0.336 e. The van der Waals surface area contributed by atoms with Crippen LogP contribution in [0.5, 0.6) is 5.75 Å². The molecule has 25 heavy (non-hydrogen) atoms. The highest BCUT2D eigenvalue weighted by molar-refractivity contribution is 5.83. The van der Waals surface area contributed by atoms with Gasteiger partial charge in [-0.3, -0.25) is 4.79 Å². The number of hydrogen-bond acceptors (Lipinski definition) is 5. The lowest BCUT2D eigenvalue weighted by Gasteiger charge is -2.11. The Morgan fingerprint density at radius 2 is 2.12 bits per heavy atom. The van der Waals surface area contributed by atoms with Crippen LogP contribution in [0.2, 0.25) is 0 Å². The van der Waals surface area contributed by atoms with Crippen LogP contribution in [0.25, 0.3) is 11.0 Å². The van der Waals surface area contributed by atoms with Gasteiger partial charge in [-0.25, -0.2) is 4.79 Å². The molecule has 6 heteroatoms. The molecule has 0 aliphatic carbocycles. The summed E-state index contributed by atoms with van der Waals surface area (Å²) in [4.78, 5) is 23.5. The third kappa shape index (κ3) is 3.91. The summed E-state index contributed by atoms with van der Waals surface area (Å²) in [5.41, 5.74) is 1.81. The van der Waals surface area contributed by atoms with E-state index >= 15 is 0 Å². The molecule has 2 heterocycles. The van der Waals surface area contributed by atoms with Crippen molar-refractivity contribution in [3.8, 4) is 5.75 Å². The molecule has 1 amide bonds. The number of fused-ring (bicyclic) bond motifs is 1. The Balaban J connectivity index is 1.73. The molecule has 2 aromatic heterocycles. The van der Waals surface area contributed by atoms with Gasteiger partial charge < -0.3 is 18.9 Å². The third-order valence-corrected chi connectivity index (χ3v) is 4.01. The first-order chi connectivity index (χ1) is 12.1. The van der Waals surface area contributed by atoms with Gasteiger partial charge in [-0.2, -0.15) is 0 Å². The van der Waals surface area contributed by atoms with E-state index in [1.807, 2.05) is 19.1 Å². The molecular weight excluding hydrogens is 322 g/mol. The minimum Gasteiger partial charge on any atom is -0.496 e. The fraction of sp³-hybridized carbons (Fsp3) is 0.263. The number of hydrogen-bond donors (Lipinski definition) is 1. The van der Waals surface area contributed by atoms with Crippen molar-refractivity contribution in [1.29, 1.82) is 0 Å². The first kappa shape index (κ1) is 16.8. The molecule has 0 aliphatic heterocycles. The molecule has 1 N–H and O–H groups in total. The first-order valence-corrected chi connectivity index (χ1v) is 7.97. The SMILES string of the molecule is COc1cc2oc(=O)cc(C)c2cc1CCC(=O)NCc1ccco1. The monoisotopic (exact) mass is 341 g/mol. The zero-order chi connectivity index (χ0) is 17.8. The molecule has 3 rings (SSSR count). The number of methoxy groups -OCH3 is 1. The number of carbonyl (C=O) groups is 1. The van der Waals surface area contributed by atoms with Gasteiger partial charge in [0.25, 0.3) is 0 Å². The molecule has 0 fully saturated rings. The minimum absolute atomic E-state index is 0.0742. The van der Waals surface area contributed by atoms with Crippen LogP contribution in [-0.4, -0.2) is 13.0 Å². The van der Waals surface area contributed by atoms with Crippen LogP contribution < -0.4 is 15.7 Å². The second kappa shape index (κ2) is 7.25. The molecule has 0 atom stereocenters. The van der Waals surface area contributed by atoms with Gasteiger partial charge in [-0.15, -0.1) is 0 Å². The number of aryl methyl sites for hydroxylation is 2. The molecule has 3 aromatic rings. The summed E-state index contributed by atoms with van der Waals surface area (Å²) < 4.78 is 15.8. The summed E-state index contributed by atoms with van der Waals surface area (Å²) in [5, 5.41) is 3.65. The van der Waals surface area contributed by atoms with Gasteiger partial charge in [0.1, 0.15) is 17.1 Å². The van der Waals surface area contributed by atoms with Crippen LogP contribution in [-0.2, 0) is 17.8 Å². The second-order valence-electron chi connectivity index (χ2n) is 5.76. The normalized spacial score (nSPS) is 10.8. The highest BCUT2D eigenvalue weighted by Crippen LogP contribution is 2.28. The van der Waals surface area contributed by atoms with E-state index in [-0.39, 0.29) is 5.91 Å². The fourth-order valence-corrected chi connectivity index (χ4v) is 2.71. The first-order valence-electron chi connectivity index (χ1n) is 7.97. The average Bonchev–Trinajstić information content (AvgIpc) is 3.11. The quantitative estimate of drug-likeness (QED) is 0.697. The molecule has 0 radical (unpaired) electrons. The fourth-order valence-electron chi connectivity index (χ4n) is 2.71. The van der Waals surface area contributed by atoms with E-state index in [0.717, 1.165) is 16.5 Å². The predicted octanol–water partition coefficient (Wildman–Crippen LogP) is 2.95. The molecule has 0 saturated heterocycles. The maximum atomic E-state index is 12.0. The Morgan fingerprint density at radius 1 is 1.28 bits per heavy atom.